The van der Waals surface area contributed by atoms with Crippen LogP contribution in [-0.4, -0.2) is 19.5 Å². The Bertz CT molecular complexity index is 591. The van der Waals surface area contributed by atoms with Gasteiger partial charge in [0.15, 0.2) is 5.78 Å². The summed E-state index contributed by atoms with van der Waals surface area (Å²) in [6.07, 6.45) is 1.12. The standard InChI is InChI=1S/C18H20O3/c1-3-21-16-11-9-15(18(13-16)20-2)10-12-17(19)14-7-5-4-6-8-14/h4-9,11,13H,3,10,12H2,1-2H3. The second-order valence-electron chi connectivity index (χ2n) is 4.70. The molecule has 0 saturated carbocycles. The van der Waals surface area contributed by atoms with Gasteiger partial charge in [0.25, 0.3) is 0 Å². The van der Waals surface area contributed by atoms with E-state index in [1.807, 2.05) is 55.5 Å². The number of hydrogen-bond acceptors (Lipinski definition) is 3. The lowest BCUT2D eigenvalue weighted by atomic mass is 10.0. The normalized spacial score (nSPS) is 10.2. The molecule has 0 unspecified atom stereocenters. The van der Waals surface area contributed by atoms with E-state index >= 15 is 0 Å². The monoisotopic (exact) mass is 284 g/mol. The highest BCUT2D eigenvalue weighted by Gasteiger charge is 2.09. The van der Waals surface area contributed by atoms with E-state index in [-0.39, 0.29) is 5.78 Å². The van der Waals surface area contributed by atoms with Gasteiger partial charge in [0.05, 0.1) is 13.7 Å². The van der Waals surface area contributed by atoms with Gasteiger partial charge in [0, 0.05) is 18.1 Å². The Morgan fingerprint density at radius 2 is 1.86 bits per heavy atom. The van der Waals surface area contributed by atoms with Crippen LogP contribution in [0.25, 0.3) is 0 Å². The van der Waals surface area contributed by atoms with Crippen molar-refractivity contribution in [2.75, 3.05) is 13.7 Å². The summed E-state index contributed by atoms with van der Waals surface area (Å²) in [5.41, 5.74) is 1.77. The predicted molar refractivity (Wildman–Crippen MR) is 83.3 cm³/mol. The Hall–Kier alpha value is -2.29. The van der Waals surface area contributed by atoms with Crippen molar-refractivity contribution >= 4 is 5.78 Å². The molecule has 2 aromatic carbocycles. The smallest absolute Gasteiger partial charge is 0.163 e. The molecule has 0 aliphatic carbocycles. The average Bonchev–Trinajstić information content (AvgIpc) is 2.54. The van der Waals surface area contributed by atoms with E-state index < -0.39 is 0 Å². The fraction of sp³-hybridized carbons (Fsp3) is 0.278. The Morgan fingerprint density at radius 3 is 2.52 bits per heavy atom. The molecule has 0 aliphatic heterocycles. The van der Waals surface area contributed by atoms with Crippen LogP contribution in [0.5, 0.6) is 11.5 Å². The SMILES string of the molecule is CCOc1ccc(CCC(=O)c2ccccc2)c(OC)c1. The van der Waals surface area contributed by atoms with Crippen LogP contribution in [-0.2, 0) is 6.42 Å². The number of rotatable bonds is 7. The number of aryl methyl sites for hydroxylation is 1. The molecule has 21 heavy (non-hydrogen) atoms. The van der Waals surface area contributed by atoms with Crippen molar-refractivity contribution in [1.82, 2.24) is 0 Å². The molecular weight excluding hydrogens is 264 g/mol. The van der Waals surface area contributed by atoms with Crippen LogP contribution in [0.3, 0.4) is 0 Å². The summed E-state index contributed by atoms with van der Waals surface area (Å²) in [6.45, 7) is 2.56. The molecule has 0 spiro atoms. The van der Waals surface area contributed by atoms with E-state index in [2.05, 4.69) is 0 Å². The van der Waals surface area contributed by atoms with Crippen molar-refractivity contribution in [2.24, 2.45) is 0 Å². The van der Waals surface area contributed by atoms with E-state index in [0.717, 1.165) is 22.6 Å². The molecule has 0 fully saturated rings. The Morgan fingerprint density at radius 1 is 1.10 bits per heavy atom. The zero-order chi connectivity index (χ0) is 15.1. The van der Waals surface area contributed by atoms with Crippen molar-refractivity contribution in [3.05, 3.63) is 59.7 Å². The van der Waals surface area contributed by atoms with Gasteiger partial charge in [0.1, 0.15) is 11.5 Å². The summed E-state index contributed by atoms with van der Waals surface area (Å²) < 4.78 is 10.8. The molecule has 0 saturated heterocycles. The minimum Gasteiger partial charge on any atom is -0.496 e. The number of methoxy groups -OCH3 is 1. The van der Waals surface area contributed by atoms with Gasteiger partial charge in [-0.15, -0.1) is 0 Å². The third kappa shape index (κ3) is 4.09. The van der Waals surface area contributed by atoms with Crippen LogP contribution in [0.1, 0.15) is 29.3 Å². The van der Waals surface area contributed by atoms with Crippen LogP contribution >= 0.6 is 0 Å². The van der Waals surface area contributed by atoms with Crippen LogP contribution in [0, 0.1) is 0 Å². The molecule has 0 amide bonds. The molecule has 3 heteroatoms. The van der Waals surface area contributed by atoms with Crippen molar-refractivity contribution in [3.63, 3.8) is 0 Å². The van der Waals surface area contributed by atoms with Gasteiger partial charge < -0.3 is 9.47 Å². The lowest BCUT2D eigenvalue weighted by Crippen LogP contribution is -2.02. The topological polar surface area (TPSA) is 35.5 Å². The second kappa shape index (κ2) is 7.48. The van der Waals surface area contributed by atoms with Crippen molar-refractivity contribution in [1.29, 1.82) is 0 Å². The number of hydrogen-bond donors (Lipinski definition) is 0. The van der Waals surface area contributed by atoms with Gasteiger partial charge in [-0.2, -0.15) is 0 Å². The highest BCUT2D eigenvalue weighted by molar-refractivity contribution is 5.96. The number of carbonyl (C=O) groups excluding carboxylic acids is 1. The number of benzene rings is 2. The highest BCUT2D eigenvalue weighted by Crippen LogP contribution is 2.26. The largest absolute Gasteiger partial charge is 0.496 e. The maximum atomic E-state index is 12.1. The quantitative estimate of drug-likeness (QED) is 0.723. The van der Waals surface area contributed by atoms with Gasteiger partial charge in [0.2, 0.25) is 0 Å². The lowest BCUT2D eigenvalue weighted by Gasteiger charge is -2.11. The van der Waals surface area contributed by atoms with Crippen molar-refractivity contribution < 1.29 is 14.3 Å². The Kier molecular flexibility index (Phi) is 5.38. The van der Waals surface area contributed by atoms with Gasteiger partial charge in [-0.3, -0.25) is 4.79 Å². The number of ketones is 1. The minimum absolute atomic E-state index is 0.145. The molecule has 2 aromatic rings. The van der Waals surface area contributed by atoms with Crippen LogP contribution in [0.2, 0.25) is 0 Å². The zero-order valence-electron chi connectivity index (χ0n) is 12.5. The van der Waals surface area contributed by atoms with Gasteiger partial charge in [-0.1, -0.05) is 36.4 Å². The number of ether oxygens (including phenoxy) is 2. The number of Topliss-reactive ketones (excluding diaryl/α,β-unsaturated/α-hetero) is 1. The van der Waals surface area contributed by atoms with Gasteiger partial charge in [-0.05, 0) is 25.0 Å². The first-order chi connectivity index (χ1) is 10.2. The van der Waals surface area contributed by atoms with Gasteiger partial charge in [-0.25, -0.2) is 0 Å². The fourth-order valence-corrected chi connectivity index (χ4v) is 2.20. The number of carbonyl (C=O) groups is 1. The molecule has 0 heterocycles. The molecule has 0 radical (unpaired) electrons. The first-order valence-corrected chi connectivity index (χ1v) is 7.12. The van der Waals surface area contributed by atoms with Crippen LogP contribution < -0.4 is 9.47 Å². The highest BCUT2D eigenvalue weighted by atomic mass is 16.5. The fourth-order valence-electron chi connectivity index (χ4n) is 2.20. The molecule has 0 N–H and O–H groups in total. The molecule has 2 rings (SSSR count). The van der Waals surface area contributed by atoms with Crippen LogP contribution in [0.4, 0.5) is 0 Å². The lowest BCUT2D eigenvalue weighted by molar-refractivity contribution is 0.0982. The summed E-state index contributed by atoms with van der Waals surface area (Å²) in [5.74, 6) is 1.70. The first-order valence-electron chi connectivity index (χ1n) is 7.12. The molecule has 110 valence electrons. The van der Waals surface area contributed by atoms with E-state index in [1.54, 1.807) is 7.11 Å². The summed E-state index contributed by atoms with van der Waals surface area (Å²) in [7, 11) is 1.63. The van der Waals surface area contributed by atoms with Crippen LogP contribution in [0.15, 0.2) is 48.5 Å². The molecule has 0 bridgehead atoms. The molecule has 0 aromatic heterocycles. The van der Waals surface area contributed by atoms with E-state index in [9.17, 15) is 4.79 Å². The average molecular weight is 284 g/mol. The van der Waals surface area contributed by atoms with E-state index in [4.69, 9.17) is 9.47 Å². The summed E-state index contributed by atoms with van der Waals surface area (Å²) in [6, 6.07) is 15.1. The third-order valence-electron chi connectivity index (χ3n) is 3.29. The summed E-state index contributed by atoms with van der Waals surface area (Å²) in [4.78, 5) is 12.1. The maximum absolute atomic E-state index is 12.1. The van der Waals surface area contributed by atoms with Crippen molar-refractivity contribution in [2.45, 2.75) is 19.8 Å². The molecular formula is C18H20O3. The zero-order valence-corrected chi connectivity index (χ0v) is 12.5. The Labute approximate surface area is 125 Å². The van der Waals surface area contributed by atoms with E-state index in [0.29, 0.717) is 19.4 Å². The third-order valence-corrected chi connectivity index (χ3v) is 3.29. The second-order valence-corrected chi connectivity index (χ2v) is 4.70. The van der Waals surface area contributed by atoms with Crippen molar-refractivity contribution in [3.8, 4) is 11.5 Å². The summed E-state index contributed by atoms with van der Waals surface area (Å²) in [5, 5.41) is 0. The van der Waals surface area contributed by atoms with E-state index in [1.165, 1.54) is 0 Å². The predicted octanol–water partition coefficient (Wildman–Crippen LogP) is 3.91. The molecule has 0 atom stereocenters. The maximum Gasteiger partial charge on any atom is 0.163 e. The first kappa shape index (κ1) is 15.1. The minimum atomic E-state index is 0.145. The molecule has 3 nitrogen and oxygen atoms in total. The Balaban J connectivity index is 2.04. The van der Waals surface area contributed by atoms with Gasteiger partial charge >= 0.3 is 0 Å². The molecule has 0 aliphatic rings. The summed E-state index contributed by atoms with van der Waals surface area (Å²) >= 11 is 0.